The van der Waals surface area contributed by atoms with Crippen LogP contribution >= 0.6 is 0 Å². The number of piperazine rings is 1. The average molecular weight is 493 g/mol. The molecule has 0 radical (unpaired) electrons. The van der Waals surface area contributed by atoms with Crippen LogP contribution in [0.5, 0.6) is 5.75 Å². The second-order valence-corrected chi connectivity index (χ2v) is 10.5. The quantitative estimate of drug-likeness (QED) is 0.586. The summed E-state index contributed by atoms with van der Waals surface area (Å²) in [6.45, 7) is 2.57. The molecular formula is C26H28N4O4S. The molecule has 2 aliphatic rings. The number of carbonyl (C=O) groups excluding carboxylic acids is 1. The van der Waals surface area contributed by atoms with Crippen molar-refractivity contribution in [3.8, 4) is 5.75 Å². The minimum Gasteiger partial charge on any atom is -0.497 e. The molecule has 0 aromatic heterocycles. The van der Waals surface area contributed by atoms with E-state index in [1.807, 2.05) is 54.6 Å². The Morgan fingerprint density at radius 2 is 1.60 bits per heavy atom. The number of sulfonamides is 1. The summed E-state index contributed by atoms with van der Waals surface area (Å²) >= 11 is 0. The number of para-hydroxylation sites is 1. The molecular weight excluding hydrogens is 464 g/mol. The van der Waals surface area contributed by atoms with E-state index in [4.69, 9.17) is 4.74 Å². The number of benzene rings is 3. The second-order valence-electron chi connectivity index (χ2n) is 8.58. The van der Waals surface area contributed by atoms with Crippen molar-refractivity contribution in [2.24, 2.45) is 0 Å². The maximum absolute atomic E-state index is 13.4. The summed E-state index contributed by atoms with van der Waals surface area (Å²) in [5, 5.41) is 2.89. The molecule has 35 heavy (non-hydrogen) atoms. The van der Waals surface area contributed by atoms with Gasteiger partial charge in [0, 0.05) is 49.8 Å². The van der Waals surface area contributed by atoms with Gasteiger partial charge in [0.25, 0.3) is 0 Å². The van der Waals surface area contributed by atoms with Gasteiger partial charge in [0.2, 0.25) is 10.0 Å². The minimum absolute atomic E-state index is 0.222. The molecule has 8 nitrogen and oxygen atoms in total. The lowest BCUT2D eigenvalue weighted by Crippen LogP contribution is -2.48. The number of fused-ring (bicyclic) bond motifs is 1. The van der Waals surface area contributed by atoms with Gasteiger partial charge in [-0.1, -0.05) is 18.2 Å². The van der Waals surface area contributed by atoms with Gasteiger partial charge in [0.05, 0.1) is 12.0 Å². The normalized spacial score (nSPS) is 16.1. The number of methoxy groups -OCH3 is 1. The zero-order valence-electron chi connectivity index (χ0n) is 19.6. The summed E-state index contributed by atoms with van der Waals surface area (Å²) in [5.41, 5.74) is 3.39. The molecule has 0 bridgehead atoms. The number of ether oxygens (including phenoxy) is 1. The Balaban J connectivity index is 1.26. The van der Waals surface area contributed by atoms with Crippen LogP contribution in [0.25, 0.3) is 0 Å². The van der Waals surface area contributed by atoms with Crippen molar-refractivity contribution in [2.45, 2.75) is 11.3 Å². The molecule has 0 atom stereocenters. The highest BCUT2D eigenvalue weighted by molar-refractivity contribution is 7.89. The van der Waals surface area contributed by atoms with Crippen LogP contribution < -0.4 is 19.9 Å². The molecule has 1 saturated heterocycles. The van der Waals surface area contributed by atoms with E-state index in [1.54, 1.807) is 34.5 Å². The third kappa shape index (κ3) is 4.69. The summed E-state index contributed by atoms with van der Waals surface area (Å²) in [7, 11) is -1.99. The first kappa shape index (κ1) is 23.2. The van der Waals surface area contributed by atoms with Crippen molar-refractivity contribution in [3.05, 3.63) is 78.4 Å². The first-order chi connectivity index (χ1) is 17.0. The molecule has 1 N–H and O–H groups in total. The molecule has 9 heteroatoms. The summed E-state index contributed by atoms with van der Waals surface area (Å²) in [4.78, 5) is 16.9. The van der Waals surface area contributed by atoms with Crippen molar-refractivity contribution in [1.29, 1.82) is 0 Å². The lowest BCUT2D eigenvalue weighted by Gasteiger charge is -2.35. The Labute approximate surface area is 205 Å². The van der Waals surface area contributed by atoms with Crippen LogP contribution in [0.3, 0.4) is 0 Å². The van der Waals surface area contributed by atoms with Gasteiger partial charge in [0.15, 0.2) is 0 Å². The van der Waals surface area contributed by atoms with Gasteiger partial charge in [-0.2, -0.15) is 4.31 Å². The van der Waals surface area contributed by atoms with Crippen molar-refractivity contribution < 1.29 is 17.9 Å². The largest absolute Gasteiger partial charge is 0.497 e. The minimum atomic E-state index is -3.62. The van der Waals surface area contributed by atoms with Crippen molar-refractivity contribution >= 4 is 33.1 Å². The zero-order valence-corrected chi connectivity index (χ0v) is 20.4. The van der Waals surface area contributed by atoms with E-state index in [0.717, 1.165) is 28.4 Å². The van der Waals surface area contributed by atoms with Gasteiger partial charge < -0.3 is 15.0 Å². The Kier molecular flexibility index (Phi) is 6.36. The van der Waals surface area contributed by atoms with Gasteiger partial charge in [-0.25, -0.2) is 13.2 Å². The number of hydrogen-bond donors (Lipinski definition) is 1. The molecule has 0 spiro atoms. The maximum Gasteiger partial charge on any atom is 0.326 e. The van der Waals surface area contributed by atoms with E-state index >= 15 is 0 Å². The Hall–Kier alpha value is -3.56. The van der Waals surface area contributed by atoms with Crippen LogP contribution in [0.2, 0.25) is 0 Å². The van der Waals surface area contributed by atoms with Crippen molar-refractivity contribution in [1.82, 2.24) is 4.31 Å². The van der Waals surface area contributed by atoms with Gasteiger partial charge >= 0.3 is 6.03 Å². The third-order valence-electron chi connectivity index (χ3n) is 6.53. The molecule has 3 aromatic rings. The topological polar surface area (TPSA) is 82.2 Å². The Bertz CT molecular complexity index is 1300. The fourth-order valence-corrected chi connectivity index (χ4v) is 6.06. The smallest absolute Gasteiger partial charge is 0.326 e. The highest BCUT2D eigenvalue weighted by Gasteiger charge is 2.31. The van der Waals surface area contributed by atoms with Crippen molar-refractivity contribution in [2.75, 3.05) is 55.0 Å². The number of nitrogens with zero attached hydrogens (tertiary/aromatic N) is 3. The number of rotatable bonds is 5. The number of nitrogens with one attached hydrogen (secondary N) is 1. The van der Waals surface area contributed by atoms with E-state index in [0.29, 0.717) is 39.1 Å². The van der Waals surface area contributed by atoms with Crippen molar-refractivity contribution in [3.63, 3.8) is 0 Å². The van der Waals surface area contributed by atoms with Crippen LogP contribution in [0, 0.1) is 0 Å². The lowest BCUT2D eigenvalue weighted by molar-refractivity contribution is 0.257. The maximum atomic E-state index is 13.4. The standard InChI is InChI=1S/C26H28N4O4S/c1-34-23-9-7-22(8-10-23)28-15-17-29(18-16-28)35(32,33)24-11-12-25-20(19-24)13-14-30(25)26(31)27-21-5-3-2-4-6-21/h2-12,19H,13-18H2,1H3,(H,27,31). The van der Waals surface area contributed by atoms with Gasteiger partial charge in [0.1, 0.15) is 5.75 Å². The average Bonchev–Trinajstić information content (AvgIpc) is 3.33. The summed E-state index contributed by atoms with van der Waals surface area (Å²) in [5.74, 6) is 0.794. The number of carbonyl (C=O) groups is 1. The Morgan fingerprint density at radius 3 is 2.29 bits per heavy atom. The van der Waals surface area contributed by atoms with Gasteiger partial charge in [-0.05, 0) is 66.6 Å². The Morgan fingerprint density at radius 1 is 0.886 bits per heavy atom. The number of amides is 2. The molecule has 2 amide bonds. The lowest BCUT2D eigenvalue weighted by atomic mass is 10.2. The molecule has 0 saturated carbocycles. The third-order valence-corrected chi connectivity index (χ3v) is 8.43. The molecule has 2 aliphatic heterocycles. The predicted octanol–water partition coefficient (Wildman–Crippen LogP) is 3.80. The SMILES string of the molecule is COc1ccc(N2CCN(S(=O)(=O)c3ccc4c(c3)CCN4C(=O)Nc3ccccc3)CC2)cc1. The molecule has 1 fully saturated rings. The fourth-order valence-electron chi connectivity index (χ4n) is 4.59. The van der Waals surface area contributed by atoms with E-state index in [1.165, 1.54) is 0 Å². The second kappa shape index (κ2) is 9.59. The summed E-state index contributed by atoms with van der Waals surface area (Å²) in [6.07, 6.45) is 0.617. The van der Waals surface area contributed by atoms with E-state index in [-0.39, 0.29) is 10.9 Å². The van der Waals surface area contributed by atoms with E-state index in [2.05, 4.69) is 10.2 Å². The van der Waals surface area contributed by atoms with Crippen LogP contribution in [0.4, 0.5) is 21.9 Å². The van der Waals surface area contributed by atoms with Crippen LogP contribution in [-0.4, -0.2) is 58.6 Å². The van der Waals surface area contributed by atoms with Crippen LogP contribution in [0.15, 0.2) is 77.7 Å². The van der Waals surface area contributed by atoms with Crippen LogP contribution in [0.1, 0.15) is 5.56 Å². The molecule has 0 unspecified atom stereocenters. The first-order valence-corrected chi connectivity index (χ1v) is 13.1. The van der Waals surface area contributed by atoms with E-state index in [9.17, 15) is 13.2 Å². The molecule has 3 aromatic carbocycles. The van der Waals surface area contributed by atoms with Gasteiger partial charge in [-0.3, -0.25) is 4.90 Å². The predicted molar refractivity (Wildman–Crippen MR) is 137 cm³/mol. The molecule has 2 heterocycles. The van der Waals surface area contributed by atoms with E-state index < -0.39 is 10.0 Å². The molecule has 0 aliphatic carbocycles. The number of anilines is 3. The molecule has 5 rings (SSSR count). The fraction of sp³-hybridized carbons (Fsp3) is 0.269. The monoisotopic (exact) mass is 492 g/mol. The number of urea groups is 1. The number of hydrogen-bond acceptors (Lipinski definition) is 5. The highest BCUT2D eigenvalue weighted by atomic mass is 32.2. The van der Waals surface area contributed by atoms with Crippen LogP contribution in [-0.2, 0) is 16.4 Å². The molecule has 182 valence electrons. The summed E-state index contributed by atoms with van der Waals surface area (Å²) in [6, 6.07) is 21.9. The van der Waals surface area contributed by atoms with Gasteiger partial charge in [-0.15, -0.1) is 0 Å². The zero-order chi connectivity index (χ0) is 24.4. The highest BCUT2D eigenvalue weighted by Crippen LogP contribution is 2.32. The summed E-state index contributed by atoms with van der Waals surface area (Å²) < 4.78 is 33.5. The first-order valence-electron chi connectivity index (χ1n) is 11.6.